The molecule has 0 bridgehead atoms. The molecule has 90 valence electrons. The molecule has 1 aromatic heterocycles. The van der Waals surface area contributed by atoms with Crippen LogP contribution in [0.2, 0.25) is 0 Å². The average molecular weight is 441 g/mol. The fraction of sp³-hybridized carbons (Fsp3) is 0.167. The van der Waals surface area contributed by atoms with Crippen molar-refractivity contribution in [3.63, 3.8) is 0 Å². The van der Waals surface area contributed by atoms with E-state index in [0.29, 0.717) is 0 Å². The maximum absolute atomic E-state index is 10.4. The molecule has 0 radical (unpaired) electrons. The van der Waals surface area contributed by atoms with Crippen molar-refractivity contribution in [2.24, 2.45) is 0 Å². The van der Waals surface area contributed by atoms with Crippen LogP contribution in [-0.2, 0) is 0 Å². The first-order valence-corrected chi connectivity index (χ1v) is 8.07. The molecule has 1 aromatic carbocycles. The summed E-state index contributed by atoms with van der Waals surface area (Å²) in [7, 11) is 0. The van der Waals surface area contributed by atoms with Crippen LogP contribution in [0.5, 0.6) is 0 Å². The van der Waals surface area contributed by atoms with Crippen molar-refractivity contribution in [1.82, 2.24) is 0 Å². The first-order valence-electron chi connectivity index (χ1n) is 4.88. The van der Waals surface area contributed by atoms with Crippen LogP contribution in [0.4, 0.5) is 0 Å². The van der Waals surface area contributed by atoms with E-state index in [4.69, 9.17) is 0 Å². The molecule has 1 N–H and O–H groups in total. The molecule has 0 saturated heterocycles. The molecule has 2 aromatic rings. The highest BCUT2D eigenvalue weighted by Gasteiger charge is 2.17. The van der Waals surface area contributed by atoms with Crippen LogP contribution in [0.1, 0.15) is 22.1 Å². The summed E-state index contributed by atoms with van der Waals surface area (Å²) in [5, 5.41) is 10.4. The predicted molar refractivity (Wildman–Crippen MR) is 82.7 cm³/mol. The molecule has 0 fully saturated rings. The summed E-state index contributed by atoms with van der Waals surface area (Å²) in [5.41, 5.74) is 2.02. The lowest BCUT2D eigenvalue weighted by Crippen LogP contribution is -1.99. The molecule has 1 atom stereocenters. The van der Waals surface area contributed by atoms with Crippen molar-refractivity contribution >= 4 is 59.1 Å². The molecule has 0 aliphatic heterocycles. The molecule has 17 heavy (non-hydrogen) atoms. The third kappa shape index (κ3) is 3.01. The second-order valence-electron chi connectivity index (χ2n) is 3.67. The molecule has 2 rings (SSSR count). The van der Waals surface area contributed by atoms with Crippen molar-refractivity contribution in [2.45, 2.75) is 13.0 Å². The minimum Gasteiger partial charge on any atom is -0.383 e. The van der Waals surface area contributed by atoms with E-state index in [9.17, 15) is 5.11 Å². The van der Waals surface area contributed by atoms with Gasteiger partial charge in [-0.1, -0.05) is 22.0 Å². The van der Waals surface area contributed by atoms with Gasteiger partial charge >= 0.3 is 0 Å². The van der Waals surface area contributed by atoms with Crippen molar-refractivity contribution in [2.75, 3.05) is 0 Å². The number of aryl methyl sites for hydroxylation is 1. The fourth-order valence-electron chi connectivity index (χ4n) is 1.56. The normalized spacial score (nSPS) is 12.8. The number of rotatable bonds is 2. The van der Waals surface area contributed by atoms with Crippen LogP contribution in [0.15, 0.2) is 37.0 Å². The molecule has 0 saturated carbocycles. The lowest BCUT2D eigenvalue weighted by atomic mass is 10.0. The Morgan fingerprint density at radius 1 is 1.18 bits per heavy atom. The Hall–Kier alpha value is 0.320. The zero-order valence-corrected chi connectivity index (χ0v) is 14.5. The molecule has 1 nitrogen and oxygen atoms in total. The van der Waals surface area contributed by atoms with Gasteiger partial charge in [0.2, 0.25) is 0 Å². The third-order valence-corrected chi connectivity index (χ3v) is 6.27. The zero-order chi connectivity index (χ0) is 12.6. The topological polar surface area (TPSA) is 20.2 Å². The molecule has 0 aliphatic rings. The number of halogens is 3. The lowest BCUT2D eigenvalue weighted by Gasteiger charge is -2.12. The molecule has 0 aliphatic carbocycles. The van der Waals surface area contributed by atoms with Crippen LogP contribution in [-0.4, -0.2) is 5.11 Å². The number of aliphatic hydroxyl groups is 1. The molecular weight excluding hydrogens is 432 g/mol. The van der Waals surface area contributed by atoms with Gasteiger partial charge in [-0.2, -0.15) is 0 Å². The van der Waals surface area contributed by atoms with Gasteiger partial charge in [0.25, 0.3) is 0 Å². The maximum atomic E-state index is 10.4. The van der Waals surface area contributed by atoms with Gasteiger partial charge in [0.15, 0.2) is 0 Å². The van der Waals surface area contributed by atoms with Gasteiger partial charge < -0.3 is 5.11 Å². The second-order valence-corrected chi connectivity index (χ2v) is 7.85. The Labute approximate surface area is 129 Å². The van der Waals surface area contributed by atoms with Gasteiger partial charge in [-0.15, -0.1) is 11.3 Å². The zero-order valence-electron chi connectivity index (χ0n) is 8.88. The smallest absolute Gasteiger partial charge is 0.114 e. The van der Waals surface area contributed by atoms with Gasteiger partial charge in [-0.05, 0) is 68.1 Å². The van der Waals surface area contributed by atoms with Crippen LogP contribution < -0.4 is 0 Å². The predicted octanol–water partition coefficient (Wildman–Crippen LogP) is 5.43. The van der Waals surface area contributed by atoms with E-state index in [0.717, 1.165) is 28.7 Å². The maximum Gasteiger partial charge on any atom is 0.114 e. The number of thiophene rings is 1. The fourth-order valence-corrected chi connectivity index (χ4v) is 4.03. The molecule has 0 amide bonds. The van der Waals surface area contributed by atoms with Gasteiger partial charge in [0.1, 0.15) is 6.10 Å². The highest BCUT2D eigenvalue weighted by Crippen LogP contribution is 2.38. The van der Waals surface area contributed by atoms with Crippen LogP contribution in [0.3, 0.4) is 0 Å². The van der Waals surface area contributed by atoms with Gasteiger partial charge in [0.05, 0.1) is 3.79 Å². The number of hydrogen-bond donors (Lipinski definition) is 1. The highest BCUT2D eigenvalue weighted by atomic mass is 79.9. The second kappa shape index (κ2) is 5.53. The van der Waals surface area contributed by atoms with E-state index >= 15 is 0 Å². The minimum atomic E-state index is -0.583. The molecular formula is C12H9Br3OS. The summed E-state index contributed by atoms with van der Waals surface area (Å²) in [6.07, 6.45) is -0.583. The quantitative estimate of drug-likeness (QED) is 0.660. The van der Waals surface area contributed by atoms with Gasteiger partial charge in [0, 0.05) is 13.8 Å². The Bertz CT molecular complexity index is 531. The number of benzene rings is 1. The van der Waals surface area contributed by atoms with E-state index in [2.05, 4.69) is 47.8 Å². The van der Waals surface area contributed by atoms with Crippen molar-refractivity contribution in [3.05, 3.63) is 53.0 Å². The molecule has 5 heteroatoms. The minimum absolute atomic E-state index is 0.583. The Balaban J connectivity index is 2.42. The standard InChI is InChI=1S/C12H9Br3OS/c1-6-2-3-7(13)4-8(6)11(16)10-5-9(14)12(15)17-10/h2-5,11,16H,1H3. The summed E-state index contributed by atoms with van der Waals surface area (Å²) >= 11 is 11.8. The molecule has 1 unspecified atom stereocenters. The summed E-state index contributed by atoms with van der Waals surface area (Å²) in [5.74, 6) is 0. The summed E-state index contributed by atoms with van der Waals surface area (Å²) < 4.78 is 2.95. The summed E-state index contributed by atoms with van der Waals surface area (Å²) in [6.45, 7) is 2.00. The number of aliphatic hydroxyl groups excluding tert-OH is 1. The van der Waals surface area contributed by atoms with Gasteiger partial charge in [-0.25, -0.2) is 0 Å². The van der Waals surface area contributed by atoms with E-state index in [-0.39, 0.29) is 0 Å². The van der Waals surface area contributed by atoms with Crippen molar-refractivity contribution in [3.8, 4) is 0 Å². The highest BCUT2D eigenvalue weighted by molar-refractivity contribution is 9.13. The number of hydrogen-bond acceptors (Lipinski definition) is 2. The van der Waals surface area contributed by atoms with Crippen molar-refractivity contribution in [1.29, 1.82) is 0 Å². The van der Waals surface area contributed by atoms with E-state index in [1.165, 1.54) is 11.3 Å². The third-order valence-electron chi connectivity index (χ3n) is 2.47. The van der Waals surface area contributed by atoms with E-state index in [1.807, 2.05) is 31.2 Å². The van der Waals surface area contributed by atoms with Gasteiger partial charge in [-0.3, -0.25) is 0 Å². The SMILES string of the molecule is Cc1ccc(Br)cc1C(O)c1cc(Br)c(Br)s1. The van der Waals surface area contributed by atoms with Crippen molar-refractivity contribution < 1.29 is 5.11 Å². The van der Waals surface area contributed by atoms with Crippen LogP contribution in [0.25, 0.3) is 0 Å². The largest absolute Gasteiger partial charge is 0.383 e. The Morgan fingerprint density at radius 3 is 2.47 bits per heavy atom. The first-order chi connectivity index (χ1) is 7.99. The summed E-state index contributed by atoms with van der Waals surface area (Å²) in [4.78, 5) is 0.921. The average Bonchev–Trinajstić information content (AvgIpc) is 2.62. The molecule has 0 spiro atoms. The first kappa shape index (κ1) is 13.7. The van der Waals surface area contributed by atoms with Crippen LogP contribution in [0, 0.1) is 6.92 Å². The Kier molecular flexibility index (Phi) is 4.47. The van der Waals surface area contributed by atoms with Crippen LogP contribution >= 0.6 is 59.1 Å². The lowest BCUT2D eigenvalue weighted by molar-refractivity contribution is 0.223. The Morgan fingerprint density at radius 2 is 1.88 bits per heavy atom. The summed E-state index contributed by atoms with van der Waals surface area (Å²) in [6, 6.07) is 7.88. The van der Waals surface area contributed by atoms with E-state index in [1.54, 1.807) is 0 Å². The van der Waals surface area contributed by atoms with E-state index < -0.39 is 6.10 Å². The molecule has 1 heterocycles. The monoisotopic (exact) mass is 438 g/mol.